The predicted octanol–water partition coefficient (Wildman–Crippen LogP) is 2.94. The molecule has 0 aliphatic heterocycles. The second-order valence-corrected chi connectivity index (χ2v) is 5.77. The zero-order valence-electron chi connectivity index (χ0n) is 11.7. The van der Waals surface area contributed by atoms with Crippen LogP contribution in [0.4, 0.5) is 11.4 Å². The smallest absolute Gasteiger partial charge is 0.293 e. The van der Waals surface area contributed by atoms with E-state index in [0.29, 0.717) is 6.54 Å². The van der Waals surface area contributed by atoms with Crippen molar-refractivity contribution in [2.24, 2.45) is 0 Å². The van der Waals surface area contributed by atoms with Crippen LogP contribution in [0.5, 0.6) is 0 Å². The number of aryl methyl sites for hydroxylation is 1. The molecule has 0 saturated carbocycles. The molecule has 0 bridgehead atoms. The summed E-state index contributed by atoms with van der Waals surface area (Å²) in [5, 5.41) is 16.5. The fraction of sp³-hybridized carbons (Fsp3) is 0.214. The summed E-state index contributed by atoms with van der Waals surface area (Å²) in [5.74, 6) is -0.339. The Morgan fingerprint density at radius 3 is 2.67 bits per heavy atom. The molecule has 110 valence electrons. The average Bonchev–Trinajstić information content (AvgIpc) is 2.89. The van der Waals surface area contributed by atoms with Crippen LogP contribution >= 0.6 is 11.3 Å². The largest absolute Gasteiger partial charge is 0.382 e. The van der Waals surface area contributed by atoms with Gasteiger partial charge < -0.3 is 10.6 Å². The highest BCUT2D eigenvalue weighted by molar-refractivity contribution is 7.11. The Balaban J connectivity index is 2.19. The third-order valence-corrected chi connectivity index (χ3v) is 3.95. The minimum absolute atomic E-state index is 0.114. The van der Waals surface area contributed by atoms with Gasteiger partial charge in [0.15, 0.2) is 0 Å². The van der Waals surface area contributed by atoms with Crippen molar-refractivity contribution in [3.63, 3.8) is 0 Å². The zero-order chi connectivity index (χ0) is 15.4. The molecule has 2 aromatic rings. The van der Waals surface area contributed by atoms with Crippen LogP contribution in [0.2, 0.25) is 0 Å². The molecule has 0 fully saturated rings. The summed E-state index contributed by atoms with van der Waals surface area (Å²) >= 11 is 1.60. The Bertz CT molecular complexity index is 682. The van der Waals surface area contributed by atoms with Crippen LogP contribution in [0, 0.1) is 17.0 Å². The molecule has 0 unspecified atom stereocenters. The number of hydrogen-bond donors (Lipinski definition) is 2. The molecule has 7 heteroatoms. The van der Waals surface area contributed by atoms with Crippen LogP contribution in [0.25, 0.3) is 0 Å². The molecule has 6 nitrogen and oxygen atoms in total. The first-order valence-corrected chi connectivity index (χ1v) is 7.13. The third kappa shape index (κ3) is 3.38. The number of nitro groups is 1. The Morgan fingerprint density at radius 2 is 2.10 bits per heavy atom. The molecule has 0 radical (unpaired) electrons. The van der Waals surface area contributed by atoms with E-state index in [9.17, 15) is 14.9 Å². The first-order valence-electron chi connectivity index (χ1n) is 6.31. The summed E-state index contributed by atoms with van der Waals surface area (Å²) in [6, 6.07) is 8.37. The lowest BCUT2D eigenvalue weighted by atomic mass is 10.1. The third-order valence-electron chi connectivity index (χ3n) is 2.95. The van der Waals surface area contributed by atoms with Crippen LogP contribution in [-0.2, 0) is 6.54 Å². The SMILES string of the molecule is CNc1c(C(=O)NCc2ccc(C)s2)cccc1[N+](=O)[O-]. The van der Waals surface area contributed by atoms with Crippen molar-refractivity contribution >= 4 is 28.6 Å². The summed E-state index contributed by atoms with van der Waals surface area (Å²) in [5.41, 5.74) is 0.374. The van der Waals surface area contributed by atoms with Crippen molar-refractivity contribution in [3.05, 3.63) is 55.8 Å². The lowest BCUT2D eigenvalue weighted by Crippen LogP contribution is -2.23. The lowest BCUT2D eigenvalue weighted by Gasteiger charge is -2.09. The molecule has 0 spiro atoms. The van der Waals surface area contributed by atoms with Crippen molar-refractivity contribution in [2.75, 3.05) is 12.4 Å². The van der Waals surface area contributed by atoms with Gasteiger partial charge in [-0.3, -0.25) is 14.9 Å². The van der Waals surface area contributed by atoms with Gasteiger partial charge in [0.25, 0.3) is 11.6 Å². The number of nitro benzene ring substituents is 1. The number of thiophene rings is 1. The van der Waals surface area contributed by atoms with Gasteiger partial charge in [0.1, 0.15) is 5.69 Å². The highest BCUT2D eigenvalue weighted by atomic mass is 32.1. The quantitative estimate of drug-likeness (QED) is 0.657. The Hall–Kier alpha value is -2.41. The molecular formula is C14H15N3O3S. The van der Waals surface area contributed by atoms with Gasteiger partial charge in [-0.25, -0.2) is 0 Å². The molecule has 2 rings (SSSR count). The summed E-state index contributed by atoms with van der Waals surface area (Å²) in [6.07, 6.45) is 0. The number of anilines is 1. The Labute approximate surface area is 126 Å². The maximum atomic E-state index is 12.2. The number of amides is 1. The van der Waals surface area contributed by atoms with E-state index in [4.69, 9.17) is 0 Å². The summed E-state index contributed by atoms with van der Waals surface area (Å²) < 4.78 is 0. The van der Waals surface area contributed by atoms with E-state index in [1.807, 2.05) is 19.1 Å². The van der Waals surface area contributed by atoms with Crippen molar-refractivity contribution in [1.82, 2.24) is 5.32 Å². The van der Waals surface area contributed by atoms with Crippen molar-refractivity contribution < 1.29 is 9.72 Å². The zero-order valence-corrected chi connectivity index (χ0v) is 12.5. The topological polar surface area (TPSA) is 84.3 Å². The van der Waals surface area contributed by atoms with E-state index in [2.05, 4.69) is 10.6 Å². The van der Waals surface area contributed by atoms with Gasteiger partial charge in [0, 0.05) is 22.9 Å². The maximum absolute atomic E-state index is 12.2. The minimum Gasteiger partial charge on any atom is -0.382 e. The van der Waals surface area contributed by atoms with E-state index < -0.39 is 4.92 Å². The predicted molar refractivity (Wildman–Crippen MR) is 82.9 cm³/mol. The van der Waals surface area contributed by atoms with Crippen molar-refractivity contribution in [3.8, 4) is 0 Å². The number of rotatable bonds is 5. The second kappa shape index (κ2) is 6.36. The van der Waals surface area contributed by atoms with Gasteiger partial charge in [-0.05, 0) is 25.1 Å². The summed E-state index contributed by atoms with van der Waals surface area (Å²) in [6.45, 7) is 2.40. The van der Waals surface area contributed by atoms with Crippen LogP contribution in [0.15, 0.2) is 30.3 Å². The van der Waals surface area contributed by atoms with Crippen LogP contribution in [0.3, 0.4) is 0 Å². The standard InChI is InChI=1S/C14H15N3O3S/c1-9-6-7-10(21-9)8-16-14(18)11-4-3-5-12(17(19)20)13(11)15-2/h3-7,15H,8H2,1-2H3,(H,16,18). The van der Waals surface area contributed by atoms with Gasteiger partial charge in [-0.2, -0.15) is 0 Å². The molecule has 0 aliphatic rings. The fourth-order valence-electron chi connectivity index (χ4n) is 1.99. The number of nitrogens with zero attached hydrogens (tertiary/aromatic N) is 1. The van der Waals surface area contributed by atoms with Gasteiger partial charge in [-0.15, -0.1) is 11.3 Å². The molecule has 0 saturated heterocycles. The number of nitrogens with one attached hydrogen (secondary N) is 2. The van der Waals surface area contributed by atoms with Gasteiger partial charge in [0.2, 0.25) is 0 Å². The van der Waals surface area contributed by atoms with Crippen LogP contribution in [-0.4, -0.2) is 17.9 Å². The number of carbonyl (C=O) groups is 1. The van der Waals surface area contributed by atoms with Crippen LogP contribution in [0.1, 0.15) is 20.1 Å². The molecule has 1 aromatic carbocycles. The fourth-order valence-corrected chi connectivity index (χ4v) is 2.82. The number of para-hydroxylation sites is 1. The minimum atomic E-state index is -0.509. The maximum Gasteiger partial charge on any atom is 0.293 e. The highest BCUT2D eigenvalue weighted by Crippen LogP contribution is 2.27. The molecule has 1 aromatic heterocycles. The summed E-state index contributed by atoms with van der Waals surface area (Å²) in [4.78, 5) is 24.9. The first kappa shape index (κ1) is 15.0. The van der Waals surface area contributed by atoms with Gasteiger partial charge in [0.05, 0.1) is 17.0 Å². The van der Waals surface area contributed by atoms with Crippen molar-refractivity contribution in [1.29, 1.82) is 0 Å². The average molecular weight is 305 g/mol. The van der Waals surface area contributed by atoms with E-state index >= 15 is 0 Å². The normalized spacial score (nSPS) is 10.2. The van der Waals surface area contributed by atoms with Crippen LogP contribution < -0.4 is 10.6 Å². The lowest BCUT2D eigenvalue weighted by molar-refractivity contribution is -0.384. The molecule has 21 heavy (non-hydrogen) atoms. The second-order valence-electron chi connectivity index (χ2n) is 4.40. The number of hydrogen-bond acceptors (Lipinski definition) is 5. The Kier molecular flexibility index (Phi) is 4.54. The number of benzene rings is 1. The van der Waals surface area contributed by atoms with E-state index in [1.54, 1.807) is 24.5 Å². The first-order chi connectivity index (χ1) is 10.0. The number of carbonyl (C=O) groups excluding carboxylic acids is 1. The van der Waals surface area contributed by atoms with E-state index in [-0.39, 0.29) is 22.8 Å². The molecule has 2 N–H and O–H groups in total. The van der Waals surface area contributed by atoms with E-state index in [1.165, 1.54) is 17.0 Å². The van der Waals surface area contributed by atoms with Gasteiger partial charge >= 0.3 is 0 Å². The molecule has 1 heterocycles. The molecular weight excluding hydrogens is 290 g/mol. The molecule has 1 amide bonds. The van der Waals surface area contributed by atoms with Gasteiger partial charge in [-0.1, -0.05) is 6.07 Å². The molecule has 0 atom stereocenters. The Morgan fingerprint density at radius 1 is 1.33 bits per heavy atom. The van der Waals surface area contributed by atoms with E-state index in [0.717, 1.165) is 4.88 Å². The summed E-state index contributed by atoms with van der Waals surface area (Å²) in [7, 11) is 1.56. The highest BCUT2D eigenvalue weighted by Gasteiger charge is 2.20. The molecule has 0 aliphatic carbocycles. The monoisotopic (exact) mass is 305 g/mol. The van der Waals surface area contributed by atoms with Crippen molar-refractivity contribution in [2.45, 2.75) is 13.5 Å².